The van der Waals surface area contributed by atoms with Gasteiger partial charge in [-0.3, -0.25) is 4.98 Å². The Balaban J connectivity index is 1.67. The van der Waals surface area contributed by atoms with Gasteiger partial charge in [-0.1, -0.05) is 12.1 Å². The average Bonchev–Trinajstić information content (AvgIpc) is 3.29. The van der Waals surface area contributed by atoms with E-state index in [1.54, 1.807) is 22.8 Å². The van der Waals surface area contributed by atoms with Crippen molar-refractivity contribution in [2.45, 2.75) is 49.6 Å². The lowest BCUT2D eigenvalue weighted by Crippen LogP contribution is -2.32. The van der Waals surface area contributed by atoms with Crippen LogP contribution in [0.5, 0.6) is 0 Å². The Morgan fingerprint density at radius 2 is 1.96 bits per heavy atom. The molecular weight excluding hydrogens is 308 g/mol. The number of rotatable bonds is 5. The van der Waals surface area contributed by atoms with Crippen LogP contribution >= 0.6 is 0 Å². The van der Waals surface area contributed by atoms with Crippen molar-refractivity contribution in [1.29, 1.82) is 0 Å². The molecule has 0 amide bonds. The van der Waals surface area contributed by atoms with Gasteiger partial charge in [0.05, 0.1) is 4.90 Å². The first-order valence-corrected chi connectivity index (χ1v) is 9.61. The number of aryl methyl sites for hydroxylation is 2. The average molecular weight is 328 g/mol. The molecule has 1 aromatic heterocycles. The third-order valence-electron chi connectivity index (χ3n) is 4.69. The molecule has 0 radical (unpaired) electrons. The molecule has 1 heterocycles. The van der Waals surface area contributed by atoms with Gasteiger partial charge in [0, 0.05) is 25.0 Å². The highest BCUT2D eigenvalue weighted by Crippen LogP contribution is 2.34. The van der Waals surface area contributed by atoms with Gasteiger partial charge >= 0.3 is 0 Å². The standard InChI is InChI=1S/C18H20N2O2S/c21-23(22,18-9-6-15-4-1-5-16(15)11-18)20(17-7-8-17)13-14-3-2-10-19-12-14/h2-3,6,9-12,17H,1,4-5,7-8,13H2. The van der Waals surface area contributed by atoms with Gasteiger partial charge in [0.15, 0.2) is 0 Å². The van der Waals surface area contributed by atoms with E-state index in [9.17, 15) is 8.42 Å². The maximum Gasteiger partial charge on any atom is 0.243 e. The van der Waals surface area contributed by atoms with Gasteiger partial charge in [0.25, 0.3) is 0 Å². The predicted octanol–water partition coefficient (Wildman–Crippen LogP) is 2.92. The molecule has 0 saturated heterocycles. The summed E-state index contributed by atoms with van der Waals surface area (Å²) < 4.78 is 27.9. The van der Waals surface area contributed by atoms with Crippen LogP contribution in [0.2, 0.25) is 0 Å². The number of nitrogens with zero attached hydrogens (tertiary/aromatic N) is 2. The first-order chi connectivity index (χ1) is 11.1. The Bertz CT molecular complexity index is 814. The van der Waals surface area contributed by atoms with E-state index in [-0.39, 0.29) is 6.04 Å². The molecule has 0 aliphatic heterocycles. The Kier molecular flexibility index (Phi) is 3.70. The highest BCUT2D eigenvalue weighted by Gasteiger charge is 2.38. The largest absolute Gasteiger partial charge is 0.264 e. The zero-order valence-electron chi connectivity index (χ0n) is 13.0. The minimum Gasteiger partial charge on any atom is -0.264 e. The van der Waals surface area contributed by atoms with E-state index >= 15 is 0 Å². The molecule has 2 aromatic rings. The van der Waals surface area contributed by atoms with Crippen LogP contribution in [0, 0.1) is 0 Å². The molecule has 1 fully saturated rings. The Morgan fingerprint density at radius 3 is 2.70 bits per heavy atom. The van der Waals surface area contributed by atoms with Crippen molar-refractivity contribution in [3.63, 3.8) is 0 Å². The number of hydrogen-bond acceptors (Lipinski definition) is 3. The number of aromatic nitrogens is 1. The summed E-state index contributed by atoms with van der Waals surface area (Å²) in [5.41, 5.74) is 3.43. The van der Waals surface area contributed by atoms with E-state index in [0.717, 1.165) is 37.7 Å². The third kappa shape index (κ3) is 2.91. The summed E-state index contributed by atoms with van der Waals surface area (Å²) in [5, 5.41) is 0. The van der Waals surface area contributed by atoms with Crippen molar-refractivity contribution in [2.75, 3.05) is 0 Å². The fourth-order valence-corrected chi connectivity index (χ4v) is 5.01. The lowest BCUT2D eigenvalue weighted by Gasteiger charge is -2.22. The summed E-state index contributed by atoms with van der Waals surface area (Å²) >= 11 is 0. The number of pyridine rings is 1. The van der Waals surface area contributed by atoms with Gasteiger partial charge < -0.3 is 0 Å². The molecule has 23 heavy (non-hydrogen) atoms. The van der Waals surface area contributed by atoms with Gasteiger partial charge in [-0.15, -0.1) is 0 Å². The molecule has 5 heteroatoms. The predicted molar refractivity (Wildman–Crippen MR) is 88.5 cm³/mol. The van der Waals surface area contributed by atoms with Crippen molar-refractivity contribution in [3.05, 3.63) is 59.4 Å². The number of benzene rings is 1. The van der Waals surface area contributed by atoms with Crippen molar-refractivity contribution < 1.29 is 8.42 Å². The second-order valence-electron chi connectivity index (χ2n) is 6.43. The Labute approximate surface area is 137 Å². The SMILES string of the molecule is O=S(=O)(c1ccc2c(c1)CCC2)N(Cc1cccnc1)C1CC1. The quantitative estimate of drug-likeness (QED) is 0.848. The summed E-state index contributed by atoms with van der Waals surface area (Å²) in [7, 11) is -3.45. The second-order valence-corrected chi connectivity index (χ2v) is 8.32. The molecule has 0 unspecified atom stereocenters. The molecular formula is C18H20N2O2S. The van der Waals surface area contributed by atoms with Crippen LogP contribution in [0.1, 0.15) is 36.0 Å². The fourth-order valence-electron chi connectivity index (χ4n) is 3.29. The normalized spacial score (nSPS) is 17.4. The van der Waals surface area contributed by atoms with Crippen molar-refractivity contribution in [1.82, 2.24) is 9.29 Å². The molecule has 120 valence electrons. The van der Waals surface area contributed by atoms with Gasteiger partial charge in [-0.05, 0) is 67.0 Å². The molecule has 1 aromatic carbocycles. The summed E-state index contributed by atoms with van der Waals surface area (Å²) in [5.74, 6) is 0. The van der Waals surface area contributed by atoms with E-state index in [0.29, 0.717) is 11.4 Å². The fraction of sp³-hybridized carbons (Fsp3) is 0.389. The summed E-state index contributed by atoms with van der Waals surface area (Å²) in [4.78, 5) is 4.54. The maximum absolute atomic E-state index is 13.1. The van der Waals surface area contributed by atoms with Crippen molar-refractivity contribution in [3.8, 4) is 0 Å². The molecule has 2 aliphatic carbocycles. The molecule has 0 spiro atoms. The van der Waals surface area contributed by atoms with Crippen LogP contribution in [0.15, 0.2) is 47.6 Å². The molecule has 1 saturated carbocycles. The first kappa shape index (κ1) is 14.8. The zero-order valence-corrected chi connectivity index (χ0v) is 13.8. The summed E-state index contributed by atoms with van der Waals surface area (Å²) in [6, 6.07) is 9.57. The minimum atomic E-state index is -3.45. The molecule has 0 bridgehead atoms. The smallest absolute Gasteiger partial charge is 0.243 e. The van der Waals surface area contributed by atoms with E-state index in [2.05, 4.69) is 4.98 Å². The number of fused-ring (bicyclic) bond motifs is 1. The monoisotopic (exact) mass is 328 g/mol. The van der Waals surface area contributed by atoms with Gasteiger partial charge in [0.2, 0.25) is 10.0 Å². The van der Waals surface area contributed by atoms with E-state index < -0.39 is 10.0 Å². The van der Waals surface area contributed by atoms with Crippen LogP contribution in [0.25, 0.3) is 0 Å². The van der Waals surface area contributed by atoms with E-state index in [1.165, 1.54) is 11.1 Å². The lowest BCUT2D eigenvalue weighted by molar-refractivity contribution is 0.398. The summed E-state index contributed by atoms with van der Waals surface area (Å²) in [6.45, 7) is 0.401. The first-order valence-electron chi connectivity index (χ1n) is 8.17. The molecule has 4 rings (SSSR count). The van der Waals surface area contributed by atoms with Crippen LogP contribution < -0.4 is 0 Å². The van der Waals surface area contributed by atoms with Crippen molar-refractivity contribution >= 4 is 10.0 Å². The van der Waals surface area contributed by atoms with E-state index in [1.807, 2.05) is 24.3 Å². The molecule has 0 N–H and O–H groups in total. The molecule has 2 aliphatic rings. The zero-order chi connectivity index (χ0) is 15.9. The summed E-state index contributed by atoms with van der Waals surface area (Å²) in [6.07, 6.45) is 8.53. The lowest BCUT2D eigenvalue weighted by atomic mass is 10.1. The minimum absolute atomic E-state index is 0.133. The third-order valence-corrected chi connectivity index (χ3v) is 6.59. The molecule has 4 nitrogen and oxygen atoms in total. The van der Waals surface area contributed by atoms with Crippen LogP contribution in [0.3, 0.4) is 0 Å². The maximum atomic E-state index is 13.1. The number of hydrogen-bond donors (Lipinski definition) is 0. The van der Waals surface area contributed by atoms with Gasteiger partial charge in [-0.25, -0.2) is 8.42 Å². The van der Waals surface area contributed by atoms with E-state index in [4.69, 9.17) is 0 Å². The molecule has 0 atom stereocenters. The number of sulfonamides is 1. The Morgan fingerprint density at radius 1 is 1.13 bits per heavy atom. The topological polar surface area (TPSA) is 50.3 Å². The van der Waals surface area contributed by atoms with Crippen LogP contribution in [-0.2, 0) is 29.4 Å². The Hall–Kier alpha value is -1.72. The highest BCUT2D eigenvalue weighted by molar-refractivity contribution is 7.89. The van der Waals surface area contributed by atoms with Gasteiger partial charge in [0.1, 0.15) is 0 Å². The van der Waals surface area contributed by atoms with Crippen LogP contribution in [0.4, 0.5) is 0 Å². The highest BCUT2D eigenvalue weighted by atomic mass is 32.2. The second kappa shape index (κ2) is 5.73. The van der Waals surface area contributed by atoms with Crippen LogP contribution in [-0.4, -0.2) is 23.7 Å². The van der Waals surface area contributed by atoms with Gasteiger partial charge in [-0.2, -0.15) is 4.31 Å². The van der Waals surface area contributed by atoms with Crippen molar-refractivity contribution in [2.24, 2.45) is 0 Å².